The van der Waals surface area contributed by atoms with Gasteiger partial charge < -0.3 is 9.84 Å². The van der Waals surface area contributed by atoms with E-state index in [4.69, 9.17) is 15.1 Å². The quantitative estimate of drug-likeness (QED) is 0.772. The predicted molar refractivity (Wildman–Crippen MR) is 99.1 cm³/mol. The number of aromatic nitrogens is 2. The van der Waals surface area contributed by atoms with Crippen molar-refractivity contribution in [3.05, 3.63) is 40.7 Å². The van der Waals surface area contributed by atoms with Gasteiger partial charge >= 0.3 is 5.97 Å². The maximum Gasteiger partial charge on any atom is 0.328 e. The standard InChI is InChI=1S/C21H23N3O3/c1-3-17(21(25)26)24-19(14-6-7-14)20(18(23-24)13-4-5-13)27-16-9-8-15(11-22)12(2)10-16/h8-10,13-14,17H,3-7H2,1-2H3,(H,25,26). The molecule has 1 atom stereocenters. The van der Waals surface area contributed by atoms with Crippen molar-refractivity contribution in [3.8, 4) is 17.6 Å². The van der Waals surface area contributed by atoms with Crippen LogP contribution in [0.3, 0.4) is 0 Å². The summed E-state index contributed by atoms with van der Waals surface area (Å²) in [6, 6.07) is 6.91. The second-order valence-corrected chi connectivity index (χ2v) is 7.55. The topological polar surface area (TPSA) is 88.1 Å². The molecule has 0 saturated heterocycles. The molecule has 6 heteroatoms. The summed E-state index contributed by atoms with van der Waals surface area (Å²) < 4.78 is 8.00. The first-order chi connectivity index (χ1) is 13.0. The van der Waals surface area contributed by atoms with Crippen LogP contribution in [0.2, 0.25) is 0 Å². The van der Waals surface area contributed by atoms with Crippen molar-refractivity contribution >= 4 is 5.97 Å². The minimum absolute atomic E-state index is 0.313. The maximum atomic E-state index is 11.8. The second-order valence-electron chi connectivity index (χ2n) is 7.55. The number of carbonyl (C=O) groups is 1. The molecule has 2 fully saturated rings. The molecule has 0 amide bonds. The van der Waals surface area contributed by atoms with Crippen molar-refractivity contribution in [2.45, 2.75) is 63.8 Å². The van der Waals surface area contributed by atoms with E-state index >= 15 is 0 Å². The summed E-state index contributed by atoms with van der Waals surface area (Å²) in [7, 11) is 0. The van der Waals surface area contributed by atoms with Crippen LogP contribution < -0.4 is 4.74 Å². The lowest BCUT2D eigenvalue weighted by Crippen LogP contribution is -2.21. The Hall–Kier alpha value is -2.81. The predicted octanol–water partition coefficient (Wildman–Crippen LogP) is 4.65. The fourth-order valence-electron chi connectivity index (χ4n) is 3.54. The zero-order valence-corrected chi connectivity index (χ0v) is 15.6. The van der Waals surface area contributed by atoms with E-state index in [1.807, 2.05) is 19.9 Å². The van der Waals surface area contributed by atoms with Crippen LogP contribution in [-0.2, 0) is 4.79 Å². The third-order valence-corrected chi connectivity index (χ3v) is 5.36. The molecule has 27 heavy (non-hydrogen) atoms. The molecule has 140 valence electrons. The number of aliphatic carboxylic acids is 1. The molecule has 1 N–H and O–H groups in total. The molecule has 1 unspecified atom stereocenters. The molecule has 1 heterocycles. The van der Waals surface area contributed by atoms with Crippen LogP contribution in [0.15, 0.2) is 18.2 Å². The zero-order chi connectivity index (χ0) is 19.1. The minimum atomic E-state index is -0.856. The number of rotatable bonds is 7. The number of nitrogens with zero attached hydrogens (tertiary/aromatic N) is 3. The first kappa shape index (κ1) is 17.6. The minimum Gasteiger partial charge on any atom is -0.480 e. The molecule has 2 saturated carbocycles. The Labute approximate surface area is 158 Å². The Morgan fingerprint density at radius 2 is 2.07 bits per heavy atom. The highest BCUT2D eigenvalue weighted by Gasteiger charge is 2.40. The fraction of sp³-hybridized carbons (Fsp3) is 0.476. The van der Waals surface area contributed by atoms with Gasteiger partial charge in [-0.05, 0) is 62.8 Å². The van der Waals surface area contributed by atoms with E-state index in [0.717, 1.165) is 48.4 Å². The number of benzene rings is 1. The van der Waals surface area contributed by atoms with Gasteiger partial charge in [0.1, 0.15) is 17.5 Å². The van der Waals surface area contributed by atoms with Crippen LogP contribution in [0.5, 0.6) is 11.5 Å². The largest absolute Gasteiger partial charge is 0.480 e. The third kappa shape index (κ3) is 3.30. The zero-order valence-electron chi connectivity index (χ0n) is 15.6. The third-order valence-electron chi connectivity index (χ3n) is 5.36. The van der Waals surface area contributed by atoms with Gasteiger partial charge in [0.2, 0.25) is 0 Å². The molecule has 4 rings (SSSR count). The number of hydrogen-bond acceptors (Lipinski definition) is 4. The molecule has 0 spiro atoms. The molecule has 0 radical (unpaired) electrons. The van der Waals surface area contributed by atoms with E-state index in [1.54, 1.807) is 16.8 Å². The number of ether oxygens (including phenoxy) is 1. The van der Waals surface area contributed by atoms with Crippen LogP contribution in [-0.4, -0.2) is 20.9 Å². The average molecular weight is 365 g/mol. The summed E-state index contributed by atoms with van der Waals surface area (Å²) in [6.07, 6.45) is 4.68. The fourth-order valence-corrected chi connectivity index (χ4v) is 3.54. The van der Waals surface area contributed by atoms with Crippen LogP contribution in [0, 0.1) is 18.3 Å². The van der Waals surface area contributed by atoms with Crippen molar-refractivity contribution in [1.82, 2.24) is 9.78 Å². The number of hydrogen-bond donors (Lipinski definition) is 1. The van der Waals surface area contributed by atoms with E-state index in [2.05, 4.69) is 6.07 Å². The highest BCUT2D eigenvalue weighted by Crippen LogP contribution is 2.52. The van der Waals surface area contributed by atoms with Gasteiger partial charge in [-0.15, -0.1) is 0 Å². The summed E-state index contributed by atoms with van der Waals surface area (Å²) in [5, 5.41) is 23.5. The van der Waals surface area contributed by atoms with Gasteiger partial charge in [0, 0.05) is 11.8 Å². The Bertz CT molecular complexity index is 933. The summed E-state index contributed by atoms with van der Waals surface area (Å²) in [5.41, 5.74) is 3.30. The number of carboxylic acid groups (broad SMARTS) is 1. The summed E-state index contributed by atoms with van der Waals surface area (Å²) >= 11 is 0. The first-order valence-corrected chi connectivity index (χ1v) is 9.57. The van der Waals surface area contributed by atoms with Gasteiger partial charge in [-0.3, -0.25) is 4.68 Å². The first-order valence-electron chi connectivity index (χ1n) is 9.57. The normalized spacial score (nSPS) is 17.4. The lowest BCUT2D eigenvalue weighted by molar-refractivity contribution is -0.141. The lowest BCUT2D eigenvalue weighted by atomic mass is 10.1. The second kappa shape index (κ2) is 6.73. The van der Waals surface area contributed by atoms with E-state index in [9.17, 15) is 9.90 Å². The summed E-state index contributed by atoms with van der Waals surface area (Å²) in [4.78, 5) is 11.8. The molecular formula is C21H23N3O3. The van der Waals surface area contributed by atoms with Crippen LogP contribution >= 0.6 is 0 Å². The summed E-state index contributed by atoms with van der Waals surface area (Å²) in [5.74, 6) is 1.21. The molecule has 0 bridgehead atoms. The van der Waals surface area contributed by atoms with E-state index < -0.39 is 12.0 Å². The molecule has 2 aliphatic rings. The summed E-state index contributed by atoms with van der Waals surface area (Å²) in [6.45, 7) is 3.76. The Morgan fingerprint density at radius 3 is 2.59 bits per heavy atom. The lowest BCUT2D eigenvalue weighted by Gasteiger charge is -2.15. The van der Waals surface area contributed by atoms with Crippen molar-refractivity contribution in [2.75, 3.05) is 0 Å². The Balaban J connectivity index is 1.79. The number of aryl methyl sites for hydroxylation is 1. The molecule has 2 aromatic rings. The van der Waals surface area contributed by atoms with E-state index in [1.165, 1.54) is 0 Å². The molecule has 6 nitrogen and oxygen atoms in total. The van der Waals surface area contributed by atoms with E-state index in [0.29, 0.717) is 29.6 Å². The van der Waals surface area contributed by atoms with Gasteiger partial charge in [-0.1, -0.05) is 6.92 Å². The van der Waals surface area contributed by atoms with Crippen LogP contribution in [0.25, 0.3) is 0 Å². The van der Waals surface area contributed by atoms with Gasteiger partial charge in [0.05, 0.1) is 17.3 Å². The molecule has 1 aromatic carbocycles. The van der Waals surface area contributed by atoms with Crippen molar-refractivity contribution in [1.29, 1.82) is 5.26 Å². The monoisotopic (exact) mass is 365 g/mol. The highest BCUT2D eigenvalue weighted by atomic mass is 16.5. The maximum absolute atomic E-state index is 11.8. The Morgan fingerprint density at radius 1 is 1.37 bits per heavy atom. The Kier molecular flexibility index (Phi) is 4.39. The molecule has 1 aromatic heterocycles. The van der Waals surface area contributed by atoms with Gasteiger partial charge in [-0.25, -0.2) is 4.79 Å². The van der Waals surface area contributed by atoms with Crippen molar-refractivity contribution < 1.29 is 14.6 Å². The molecule has 2 aliphatic carbocycles. The van der Waals surface area contributed by atoms with Gasteiger partial charge in [0.15, 0.2) is 5.75 Å². The smallest absolute Gasteiger partial charge is 0.328 e. The highest BCUT2D eigenvalue weighted by molar-refractivity contribution is 5.72. The van der Waals surface area contributed by atoms with Gasteiger partial charge in [0.25, 0.3) is 0 Å². The molecular weight excluding hydrogens is 342 g/mol. The van der Waals surface area contributed by atoms with Gasteiger partial charge in [-0.2, -0.15) is 10.4 Å². The SMILES string of the molecule is CCC(C(=O)O)n1nc(C2CC2)c(Oc2ccc(C#N)c(C)c2)c1C1CC1. The van der Waals surface area contributed by atoms with Crippen LogP contribution in [0.4, 0.5) is 0 Å². The number of carboxylic acids is 1. The molecule has 0 aliphatic heterocycles. The van der Waals surface area contributed by atoms with Crippen LogP contribution in [0.1, 0.15) is 79.4 Å². The van der Waals surface area contributed by atoms with Crippen molar-refractivity contribution in [3.63, 3.8) is 0 Å². The van der Waals surface area contributed by atoms with Crippen molar-refractivity contribution in [2.24, 2.45) is 0 Å². The average Bonchev–Trinajstić information content (AvgIpc) is 3.55. The number of nitriles is 1. The van der Waals surface area contributed by atoms with E-state index in [-0.39, 0.29) is 0 Å².